The molecule has 0 aliphatic rings. The van der Waals surface area contributed by atoms with Crippen molar-refractivity contribution in [2.75, 3.05) is 6.61 Å². The first kappa shape index (κ1) is 18.9. The smallest absolute Gasteiger partial charge is 0.259 e. The Balaban J connectivity index is 0. The number of hydrogen-bond acceptors (Lipinski definition) is 4. The third-order valence-electron chi connectivity index (χ3n) is 1.25. The normalized spacial score (nSPS) is 7.82. The summed E-state index contributed by atoms with van der Waals surface area (Å²) in [6.45, 7) is 2.40. The summed E-state index contributed by atoms with van der Waals surface area (Å²) in [5.74, 6) is 0.676. The Hall–Kier alpha value is -0.478. The Morgan fingerprint density at radius 3 is 1.94 bits per heavy atom. The van der Waals surface area contributed by atoms with Gasteiger partial charge in [-0.25, -0.2) is 0 Å². The summed E-state index contributed by atoms with van der Waals surface area (Å²) in [4.78, 5) is 0. The minimum Gasteiger partial charge on any atom is -0.472 e. The molecule has 17 heavy (non-hydrogen) atoms. The van der Waals surface area contributed by atoms with Crippen molar-refractivity contribution in [3.8, 4) is 5.75 Å². The van der Waals surface area contributed by atoms with E-state index in [1.54, 1.807) is 12.1 Å². The van der Waals surface area contributed by atoms with Crippen LogP contribution in [-0.4, -0.2) is 44.3 Å². The first-order valence-corrected chi connectivity index (χ1v) is 5.32. The van der Waals surface area contributed by atoms with Gasteiger partial charge in [0, 0.05) is 27.3 Å². The van der Waals surface area contributed by atoms with Crippen LogP contribution < -0.4 is 16.2 Å². The van der Waals surface area contributed by atoms with E-state index in [1.165, 1.54) is 0 Å². The number of benzene rings is 1. The second kappa shape index (κ2) is 12.0. The summed E-state index contributed by atoms with van der Waals surface area (Å²) >= 11 is 8.88. The Bertz CT molecular complexity index is 336. The molecule has 0 amide bonds. The van der Waals surface area contributed by atoms with Gasteiger partial charge in [0.25, 0.3) is 10.3 Å². The predicted molar refractivity (Wildman–Crippen MR) is 78.0 cm³/mol. The largest absolute Gasteiger partial charge is 0.472 e. The van der Waals surface area contributed by atoms with E-state index in [-0.39, 0.29) is 37.6 Å². The van der Waals surface area contributed by atoms with Gasteiger partial charge in [-0.1, -0.05) is 18.2 Å². The van der Waals surface area contributed by atoms with Gasteiger partial charge in [0.2, 0.25) is 0 Å². The van der Waals surface area contributed by atoms with Crippen molar-refractivity contribution in [2.24, 2.45) is 11.5 Å². The van der Waals surface area contributed by atoms with E-state index in [0.29, 0.717) is 12.4 Å². The van der Waals surface area contributed by atoms with Crippen LogP contribution in [0.4, 0.5) is 0 Å². The van der Waals surface area contributed by atoms with Gasteiger partial charge in [-0.3, -0.25) is 0 Å². The standard InChI is InChI=1S/C7H7NOS.C3H7NOS.Pb/c8-7(10)9-6-4-2-1-3-5-6;1-2-5-3(4)6;/h1-5H,(H2,8,10);2H2,1H3,(H2,4,6);. The molecule has 1 aromatic rings. The average Bonchev–Trinajstić information content (AvgIpc) is 2.18. The zero-order chi connectivity index (χ0) is 12.4. The van der Waals surface area contributed by atoms with Gasteiger partial charge in [0.15, 0.2) is 0 Å². The van der Waals surface area contributed by atoms with Gasteiger partial charge < -0.3 is 20.9 Å². The summed E-state index contributed by atoms with van der Waals surface area (Å²) in [6.07, 6.45) is 0. The van der Waals surface area contributed by atoms with E-state index >= 15 is 0 Å². The molecule has 0 aliphatic heterocycles. The van der Waals surface area contributed by atoms with Gasteiger partial charge in [-0.15, -0.1) is 0 Å². The molecule has 4 N–H and O–H groups in total. The molecule has 0 saturated carbocycles. The zero-order valence-corrected chi connectivity index (χ0v) is 14.9. The SMILES string of the molecule is CCOC(N)=S.NC(=S)Oc1ccccc1.[Pb]. The quantitative estimate of drug-likeness (QED) is 0.505. The molecule has 0 fully saturated rings. The third kappa shape index (κ3) is 13.5. The minimum absolute atomic E-state index is 0. The van der Waals surface area contributed by atoms with E-state index in [4.69, 9.17) is 16.2 Å². The van der Waals surface area contributed by atoms with E-state index < -0.39 is 0 Å². The molecule has 4 radical (unpaired) electrons. The maximum absolute atomic E-state index is 5.13. The maximum atomic E-state index is 5.13. The van der Waals surface area contributed by atoms with Gasteiger partial charge in [0.1, 0.15) is 5.75 Å². The molecule has 0 bridgehead atoms. The molecule has 1 aromatic carbocycles. The first-order valence-electron chi connectivity index (χ1n) is 4.50. The summed E-state index contributed by atoms with van der Waals surface area (Å²) in [6, 6.07) is 9.19. The van der Waals surface area contributed by atoms with E-state index in [9.17, 15) is 0 Å². The second-order valence-electron chi connectivity index (χ2n) is 2.49. The fourth-order valence-corrected chi connectivity index (χ4v) is 0.961. The number of nitrogens with two attached hydrogens (primary N) is 2. The maximum Gasteiger partial charge on any atom is 0.259 e. The monoisotopic (exact) mass is 466 g/mol. The number of ether oxygens (including phenoxy) is 2. The second-order valence-corrected chi connectivity index (χ2v) is 3.29. The Morgan fingerprint density at radius 1 is 1.12 bits per heavy atom. The fraction of sp³-hybridized carbons (Fsp3) is 0.200. The van der Waals surface area contributed by atoms with Crippen molar-refractivity contribution in [3.63, 3.8) is 0 Å². The molecular weight excluding hydrogens is 451 g/mol. The summed E-state index contributed by atoms with van der Waals surface area (Å²) in [7, 11) is 0. The summed E-state index contributed by atoms with van der Waals surface area (Å²) in [5.41, 5.74) is 10.0. The van der Waals surface area contributed by atoms with Gasteiger partial charge in [-0.2, -0.15) is 0 Å². The molecule has 0 saturated heterocycles. The Morgan fingerprint density at radius 2 is 1.65 bits per heavy atom. The van der Waals surface area contributed by atoms with Gasteiger partial charge in [-0.05, 0) is 43.5 Å². The average molecular weight is 466 g/mol. The van der Waals surface area contributed by atoms with Crippen molar-refractivity contribution in [1.29, 1.82) is 0 Å². The number of para-hydroxylation sites is 1. The van der Waals surface area contributed by atoms with Crippen LogP contribution in [0, 0.1) is 0 Å². The van der Waals surface area contributed by atoms with E-state index in [0.717, 1.165) is 0 Å². The summed E-state index contributed by atoms with van der Waals surface area (Å²) in [5, 5.41) is 0.170. The predicted octanol–water partition coefficient (Wildman–Crippen LogP) is 1.19. The number of hydrogen-bond donors (Lipinski definition) is 2. The molecule has 0 spiro atoms. The van der Waals surface area contributed by atoms with Crippen LogP contribution in [0.5, 0.6) is 5.75 Å². The topological polar surface area (TPSA) is 70.5 Å². The molecule has 1 rings (SSSR count). The number of thiocarbonyl (C=S) groups is 2. The van der Waals surface area contributed by atoms with Crippen molar-refractivity contribution in [1.82, 2.24) is 0 Å². The van der Waals surface area contributed by atoms with Crippen molar-refractivity contribution in [2.45, 2.75) is 6.92 Å². The van der Waals surface area contributed by atoms with E-state index in [2.05, 4.69) is 29.2 Å². The molecule has 7 heteroatoms. The molecule has 0 unspecified atom stereocenters. The molecular formula is C10H14N2O2PbS2. The van der Waals surface area contributed by atoms with Crippen LogP contribution in [0.1, 0.15) is 6.92 Å². The summed E-state index contributed by atoms with van der Waals surface area (Å²) < 4.78 is 9.47. The van der Waals surface area contributed by atoms with Crippen LogP contribution in [0.15, 0.2) is 30.3 Å². The van der Waals surface area contributed by atoms with Gasteiger partial charge >= 0.3 is 0 Å². The molecule has 0 heterocycles. The minimum atomic E-state index is 0. The van der Waals surface area contributed by atoms with Gasteiger partial charge in [0.05, 0.1) is 6.61 Å². The van der Waals surface area contributed by atoms with Crippen LogP contribution in [0.3, 0.4) is 0 Å². The molecule has 92 valence electrons. The van der Waals surface area contributed by atoms with Crippen molar-refractivity contribution >= 4 is 62.1 Å². The number of rotatable bonds is 2. The Kier molecular flexibility index (Phi) is 13.3. The molecule has 0 atom stereocenters. The zero-order valence-electron chi connectivity index (χ0n) is 9.38. The molecule has 0 aromatic heterocycles. The fourth-order valence-electron chi connectivity index (χ4n) is 0.747. The van der Waals surface area contributed by atoms with Crippen LogP contribution in [0.2, 0.25) is 0 Å². The van der Waals surface area contributed by atoms with Crippen LogP contribution >= 0.6 is 24.4 Å². The molecule has 4 nitrogen and oxygen atoms in total. The van der Waals surface area contributed by atoms with E-state index in [1.807, 2.05) is 25.1 Å². The van der Waals surface area contributed by atoms with Crippen LogP contribution in [0.25, 0.3) is 0 Å². The van der Waals surface area contributed by atoms with Crippen molar-refractivity contribution < 1.29 is 9.47 Å². The van der Waals surface area contributed by atoms with Crippen molar-refractivity contribution in [3.05, 3.63) is 30.3 Å². The third-order valence-corrected chi connectivity index (χ3v) is 1.45. The molecule has 0 aliphatic carbocycles. The van der Waals surface area contributed by atoms with Crippen LogP contribution in [-0.2, 0) is 4.74 Å². The first-order chi connectivity index (χ1) is 7.56. The Labute approximate surface area is 132 Å².